The molecule has 0 aliphatic rings. The van der Waals surface area contributed by atoms with E-state index in [0.29, 0.717) is 16.9 Å². The Kier molecular flexibility index (Phi) is 5.19. The van der Waals surface area contributed by atoms with Crippen molar-refractivity contribution in [2.45, 2.75) is 18.2 Å². The maximum Gasteiger partial charge on any atom is 0.182 e. The summed E-state index contributed by atoms with van der Waals surface area (Å²) in [5.74, 6) is 5.90. The summed E-state index contributed by atoms with van der Waals surface area (Å²) in [6.07, 6.45) is 0.375. The fourth-order valence-electron chi connectivity index (χ4n) is 1.94. The molecular formula is C19H18O2S. The van der Waals surface area contributed by atoms with Crippen LogP contribution in [0.25, 0.3) is 0 Å². The van der Waals surface area contributed by atoms with Gasteiger partial charge in [0.05, 0.1) is 10.6 Å². The Labute approximate surface area is 132 Å². The van der Waals surface area contributed by atoms with E-state index in [2.05, 4.69) is 18.4 Å². The van der Waals surface area contributed by atoms with E-state index in [1.807, 2.05) is 37.3 Å². The molecule has 0 amide bonds. The van der Waals surface area contributed by atoms with Crippen LogP contribution in [-0.2, 0) is 9.84 Å². The van der Waals surface area contributed by atoms with E-state index in [-0.39, 0.29) is 5.75 Å². The smallest absolute Gasteiger partial charge is 0.182 e. The molecule has 0 bridgehead atoms. The van der Waals surface area contributed by atoms with Gasteiger partial charge in [0.2, 0.25) is 0 Å². The average Bonchev–Trinajstić information content (AvgIpc) is 2.48. The molecule has 2 aromatic rings. The summed E-state index contributed by atoms with van der Waals surface area (Å²) in [6, 6.07) is 16.5. The second-order valence-electron chi connectivity index (χ2n) is 5.17. The van der Waals surface area contributed by atoms with Crippen molar-refractivity contribution in [3.63, 3.8) is 0 Å². The Morgan fingerprint density at radius 2 is 1.68 bits per heavy atom. The Bertz CT molecular complexity index is 805. The summed E-state index contributed by atoms with van der Waals surface area (Å²) in [6.45, 7) is 5.76. The molecule has 22 heavy (non-hydrogen) atoms. The zero-order valence-electron chi connectivity index (χ0n) is 12.5. The third-order valence-electron chi connectivity index (χ3n) is 3.12. The zero-order valence-corrected chi connectivity index (χ0v) is 13.4. The van der Waals surface area contributed by atoms with Crippen molar-refractivity contribution in [1.29, 1.82) is 0 Å². The topological polar surface area (TPSA) is 34.1 Å². The number of benzene rings is 2. The second kappa shape index (κ2) is 7.11. The van der Waals surface area contributed by atoms with Crippen LogP contribution in [0.4, 0.5) is 0 Å². The lowest BCUT2D eigenvalue weighted by atomic mass is 10.2. The molecule has 0 aliphatic heterocycles. The summed E-state index contributed by atoms with van der Waals surface area (Å²) >= 11 is 0. The van der Waals surface area contributed by atoms with Gasteiger partial charge in [-0.3, -0.25) is 0 Å². The molecule has 0 aliphatic carbocycles. The van der Waals surface area contributed by atoms with Crippen molar-refractivity contribution in [1.82, 2.24) is 0 Å². The van der Waals surface area contributed by atoms with Crippen LogP contribution in [0.3, 0.4) is 0 Å². The first-order chi connectivity index (χ1) is 10.5. The van der Waals surface area contributed by atoms with Crippen LogP contribution in [-0.4, -0.2) is 14.2 Å². The predicted octanol–water partition coefficient (Wildman–Crippen LogP) is 3.77. The third-order valence-corrected chi connectivity index (χ3v) is 4.90. The van der Waals surface area contributed by atoms with E-state index >= 15 is 0 Å². The van der Waals surface area contributed by atoms with Gasteiger partial charge < -0.3 is 0 Å². The molecule has 0 fully saturated rings. The highest BCUT2D eigenvalue weighted by Crippen LogP contribution is 2.15. The van der Waals surface area contributed by atoms with Gasteiger partial charge in [0.1, 0.15) is 0 Å². The monoisotopic (exact) mass is 310 g/mol. The first-order valence-electron chi connectivity index (χ1n) is 6.97. The molecule has 0 spiro atoms. The Balaban J connectivity index is 2.00. The maximum atomic E-state index is 12.3. The minimum Gasteiger partial charge on any atom is -0.223 e. The summed E-state index contributed by atoms with van der Waals surface area (Å²) in [7, 11) is -3.34. The van der Waals surface area contributed by atoms with E-state index in [4.69, 9.17) is 0 Å². The first kappa shape index (κ1) is 16.1. The second-order valence-corrected chi connectivity index (χ2v) is 7.16. The first-order valence-corrected chi connectivity index (χ1v) is 8.62. The number of aryl methyl sites for hydroxylation is 1. The molecule has 0 saturated heterocycles. The number of hydrogen-bond donors (Lipinski definition) is 0. The highest BCUT2D eigenvalue weighted by atomic mass is 32.2. The van der Waals surface area contributed by atoms with E-state index in [1.165, 1.54) is 0 Å². The Hall–Kier alpha value is -2.31. The van der Waals surface area contributed by atoms with Crippen molar-refractivity contribution in [2.75, 3.05) is 5.75 Å². The lowest BCUT2D eigenvalue weighted by Gasteiger charge is -2.05. The average molecular weight is 310 g/mol. The zero-order chi connectivity index (χ0) is 16.0. The van der Waals surface area contributed by atoms with Crippen molar-refractivity contribution >= 4 is 9.84 Å². The molecule has 3 heteroatoms. The molecule has 0 atom stereocenters. The Morgan fingerprint density at radius 3 is 2.32 bits per heavy atom. The van der Waals surface area contributed by atoms with Crippen LogP contribution < -0.4 is 0 Å². The molecule has 2 nitrogen and oxygen atoms in total. The van der Waals surface area contributed by atoms with Gasteiger partial charge in [0.25, 0.3) is 0 Å². The SMILES string of the molecule is C=C(CC#Cc1ccccc1)CS(=O)(=O)c1ccc(C)cc1. The van der Waals surface area contributed by atoms with Crippen LogP contribution in [0.5, 0.6) is 0 Å². The largest absolute Gasteiger partial charge is 0.223 e. The van der Waals surface area contributed by atoms with Gasteiger partial charge in [-0.1, -0.05) is 59.9 Å². The lowest BCUT2D eigenvalue weighted by Crippen LogP contribution is -2.08. The maximum absolute atomic E-state index is 12.3. The van der Waals surface area contributed by atoms with Crippen molar-refractivity contribution in [3.8, 4) is 11.8 Å². The van der Waals surface area contributed by atoms with Crippen LogP contribution in [0, 0.1) is 18.8 Å². The summed E-state index contributed by atoms with van der Waals surface area (Å²) < 4.78 is 24.6. The standard InChI is InChI=1S/C19H18O2S/c1-16-11-13-19(14-12-16)22(20,21)15-17(2)7-6-10-18-8-4-3-5-9-18/h3-5,8-9,11-14H,2,7,15H2,1H3. The fraction of sp³-hybridized carbons (Fsp3) is 0.158. The molecule has 2 rings (SSSR count). The van der Waals surface area contributed by atoms with Gasteiger partial charge in [0, 0.05) is 12.0 Å². The molecule has 0 heterocycles. The number of hydrogen-bond acceptors (Lipinski definition) is 2. The van der Waals surface area contributed by atoms with Gasteiger partial charge in [-0.05, 0) is 31.2 Å². The highest BCUT2D eigenvalue weighted by molar-refractivity contribution is 7.91. The lowest BCUT2D eigenvalue weighted by molar-refractivity contribution is 0.598. The molecule has 0 aromatic heterocycles. The van der Waals surface area contributed by atoms with E-state index in [0.717, 1.165) is 11.1 Å². The fourth-order valence-corrected chi connectivity index (χ4v) is 3.30. The van der Waals surface area contributed by atoms with Gasteiger partial charge in [-0.15, -0.1) is 0 Å². The molecule has 0 radical (unpaired) electrons. The van der Waals surface area contributed by atoms with Gasteiger partial charge in [0.15, 0.2) is 9.84 Å². The quantitative estimate of drug-likeness (QED) is 0.636. The molecule has 0 saturated carbocycles. The molecular weight excluding hydrogens is 292 g/mol. The normalized spacial score (nSPS) is 10.6. The predicted molar refractivity (Wildman–Crippen MR) is 90.3 cm³/mol. The van der Waals surface area contributed by atoms with Crippen molar-refractivity contribution in [2.24, 2.45) is 0 Å². The summed E-state index contributed by atoms with van der Waals surface area (Å²) in [5.41, 5.74) is 2.55. The summed E-state index contributed by atoms with van der Waals surface area (Å²) in [4.78, 5) is 0.329. The minimum atomic E-state index is -3.34. The van der Waals surface area contributed by atoms with Crippen molar-refractivity contribution < 1.29 is 8.42 Å². The molecule has 0 N–H and O–H groups in total. The highest BCUT2D eigenvalue weighted by Gasteiger charge is 2.15. The van der Waals surface area contributed by atoms with Crippen LogP contribution in [0.1, 0.15) is 17.5 Å². The van der Waals surface area contributed by atoms with E-state index in [9.17, 15) is 8.42 Å². The molecule has 112 valence electrons. The van der Waals surface area contributed by atoms with Gasteiger partial charge in [-0.2, -0.15) is 0 Å². The van der Waals surface area contributed by atoms with Crippen LogP contribution in [0.15, 0.2) is 71.6 Å². The molecule has 0 unspecified atom stereocenters. The minimum absolute atomic E-state index is 0.0699. The van der Waals surface area contributed by atoms with Gasteiger partial charge in [-0.25, -0.2) is 8.42 Å². The van der Waals surface area contributed by atoms with Crippen LogP contribution in [0.2, 0.25) is 0 Å². The van der Waals surface area contributed by atoms with E-state index < -0.39 is 9.84 Å². The Morgan fingerprint density at radius 1 is 1.05 bits per heavy atom. The number of rotatable bonds is 4. The molecule has 2 aromatic carbocycles. The van der Waals surface area contributed by atoms with Crippen LogP contribution >= 0.6 is 0 Å². The summed E-state index contributed by atoms with van der Waals surface area (Å²) in [5, 5.41) is 0. The van der Waals surface area contributed by atoms with Gasteiger partial charge >= 0.3 is 0 Å². The van der Waals surface area contributed by atoms with Crippen molar-refractivity contribution in [3.05, 3.63) is 77.9 Å². The van der Waals surface area contributed by atoms with E-state index in [1.54, 1.807) is 24.3 Å². The third kappa shape index (κ3) is 4.61. The number of sulfone groups is 1.